The lowest BCUT2D eigenvalue weighted by Crippen LogP contribution is -2.48. The number of hydrogen-bond donors (Lipinski definition) is 2. The van der Waals surface area contributed by atoms with Gasteiger partial charge in [0.15, 0.2) is 0 Å². The summed E-state index contributed by atoms with van der Waals surface area (Å²) in [6.07, 6.45) is -1.06. The largest absolute Gasteiger partial charge is 0.452 e. The highest BCUT2D eigenvalue weighted by Gasteiger charge is 2.28. The van der Waals surface area contributed by atoms with Crippen LogP contribution >= 0.6 is 0 Å². The first-order valence-electron chi connectivity index (χ1n) is 4.70. The van der Waals surface area contributed by atoms with Gasteiger partial charge in [0.05, 0.1) is 12.7 Å². The Balaban J connectivity index is 4.75. The molecule has 0 aromatic rings. The first-order valence-corrected chi connectivity index (χ1v) is 6.14. The second-order valence-electron chi connectivity index (χ2n) is 3.84. The molecule has 0 unspecified atom stereocenters. The van der Waals surface area contributed by atoms with Crippen molar-refractivity contribution in [1.82, 2.24) is 9.03 Å². The summed E-state index contributed by atoms with van der Waals surface area (Å²) in [5.41, 5.74) is -1.18. The maximum atomic E-state index is 11.6. The van der Waals surface area contributed by atoms with Gasteiger partial charge in [-0.2, -0.15) is 12.7 Å². The lowest BCUT2D eigenvalue weighted by molar-refractivity contribution is 0.0597. The number of hydrogen-bond acceptors (Lipinski definition) is 5. The summed E-state index contributed by atoms with van der Waals surface area (Å²) >= 11 is 0. The molecule has 8 heteroatoms. The smallest absolute Gasteiger partial charge is 0.421 e. The highest BCUT2D eigenvalue weighted by molar-refractivity contribution is 7.87. The van der Waals surface area contributed by atoms with Gasteiger partial charge in [0.1, 0.15) is 0 Å². The van der Waals surface area contributed by atoms with Gasteiger partial charge >= 0.3 is 16.3 Å². The highest BCUT2D eigenvalue weighted by Crippen LogP contribution is 2.08. The topological polar surface area (TPSA) is 95.9 Å². The van der Waals surface area contributed by atoms with Crippen LogP contribution in [0, 0.1) is 0 Å². The van der Waals surface area contributed by atoms with Crippen LogP contribution in [-0.2, 0) is 14.9 Å². The number of methoxy groups -OCH3 is 1. The fourth-order valence-corrected chi connectivity index (χ4v) is 2.26. The lowest BCUT2D eigenvalue weighted by Gasteiger charge is -2.26. The fourth-order valence-electron chi connectivity index (χ4n) is 1.01. The standard InChI is InChI=1S/C8H18N2O5S/c1-5-10(6-8(2,3)12)16(13,14)9-7(11)15-4/h12H,5-6H2,1-4H3,(H,9,11). The van der Waals surface area contributed by atoms with Crippen LogP contribution in [0.4, 0.5) is 4.79 Å². The summed E-state index contributed by atoms with van der Waals surface area (Å²) in [7, 11) is -2.90. The van der Waals surface area contributed by atoms with E-state index in [2.05, 4.69) is 4.74 Å². The number of carbonyl (C=O) groups is 1. The second kappa shape index (κ2) is 5.46. The number of nitrogens with one attached hydrogen (secondary N) is 1. The quantitative estimate of drug-likeness (QED) is 0.701. The van der Waals surface area contributed by atoms with Gasteiger partial charge in [-0.25, -0.2) is 9.52 Å². The Morgan fingerprint density at radius 1 is 1.50 bits per heavy atom. The molecular weight excluding hydrogens is 236 g/mol. The molecule has 0 saturated heterocycles. The predicted octanol–water partition coefficient (Wildman–Crippen LogP) is -0.320. The number of nitrogens with zero attached hydrogens (tertiary/aromatic N) is 1. The minimum atomic E-state index is -3.97. The Kier molecular flexibility index (Phi) is 5.17. The highest BCUT2D eigenvalue weighted by atomic mass is 32.2. The average Bonchev–Trinajstić information content (AvgIpc) is 2.11. The van der Waals surface area contributed by atoms with Crippen molar-refractivity contribution in [2.45, 2.75) is 26.4 Å². The number of likely N-dealkylation sites (N-methyl/N-ethyl adjacent to an activating group) is 1. The van der Waals surface area contributed by atoms with Gasteiger partial charge in [-0.3, -0.25) is 0 Å². The number of amides is 1. The van der Waals surface area contributed by atoms with Crippen molar-refractivity contribution in [2.75, 3.05) is 20.2 Å². The van der Waals surface area contributed by atoms with E-state index in [-0.39, 0.29) is 13.1 Å². The first kappa shape index (κ1) is 15.1. The average molecular weight is 254 g/mol. The molecule has 0 aliphatic heterocycles. The van der Waals surface area contributed by atoms with Crippen molar-refractivity contribution in [3.8, 4) is 0 Å². The summed E-state index contributed by atoms with van der Waals surface area (Å²) in [6, 6.07) is 0. The number of rotatable bonds is 5. The van der Waals surface area contributed by atoms with Gasteiger partial charge in [-0.1, -0.05) is 6.92 Å². The molecule has 0 aromatic heterocycles. The van der Waals surface area contributed by atoms with Gasteiger partial charge in [-0.05, 0) is 13.8 Å². The van der Waals surface area contributed by atoms with Crippen LogP contribution in [0.25, 0.3) is 0 Å². The Labute approximate surface area is 95.6 Å². The third kappa shape index (κ3) is 5.29. The van der Waals surface area contributed by atoms with Gasteiger partial charge in [0.2, 0.25) is 0 Å². The van der Waals surface area contributed by atoms with Gasteiger partial charge in [0, 0.05) is 13.1 Å². The summed E-state index contributed by atoms with van der Waals surface area (Å²) in [6.45, 7) is 4.57. The maximum Gasteiger partial charge on any atom is 0.421 e. The van der Waals surface area contributed by atoms with Crippen molar-refractivity contribution in [3.05, 3.63) is 0 Å². The van der Waals surface area contributed by atoms with E-state index in [4.69, 9.17) is 0 Å². The van der Waals surface area contributed by atoms with Crippen molar-refractivity contribution >= 4 is 16.3 Å². The fraction of sp³-hybridized carbons (Fsp3) is 0.875. The third-order valence-corrected chi connectivity index (χ3v) is 3.15. The van der Waals surface area contributed by atoms with E-state index in [9.17, 15) is 18.3 Å². The van der Waals surface area contributed by atoms with Crippen LogP contribution < -0.4 is 4.72 Å². The first-order chi connectivity index (χ1) is 7.12. The lowest BCUT2D eigenvalue weighted by atomic mass is 10.1. The molecule has 0 heterocycles. The van der Waals surface area contributed by atoms with Crippen LogP contribution in [0.2, 0.25) is 0 Å². The molecule has 2 N–H and O–H groups in total. The Morgan fingerprint density at radius 3 is 2.31 bits per heavy atom. The molecule has 0 radical (unpaired) electrons. The molecule has 0 rings (SSSR count). The van der Waals surface area contributed by atoms with Crippen LogP contribution in [0.3, 0.4) is 0 Å². The van der Waals surface area contributed by atoms with Crippen LogP contribution in [0.1, 0.15) is 20.8 Å². The SMILES string of the molecule is CCN(CC(C)(C)O)S(=O)(=O)NC(=O)OC. The number of ether oxygens (including phenoxy) is 1. The summed E-state index contributed by atoms with van der Waals surface area (Å²) in [5, 5.41) is 9.52. The van der Waals surface area contributed by atoms with E-state index in [1.54, 1.807) is 11.6 Å². The molecule has 96 valence electrons. The third-order valence-electron chi connectivity index (χ3n) is 1.65. The van der Waals surface area contributed by atoms with Gasteiger partial charge in [0.25, 0.3) is 0 Å². The molecule has 7 nitrogen and oxygen atoms in total. The maximum absolute atomic E-state index is 11.6. The van der Waals surface area contributed by atoms with E-state index in [0.29, 0.717) is 0 Å². The summed E-state index contributed by atoms with van der Waals surface area (Å²) in [4.78, 5) is 10.8. The van der Waals surface area contributed by atoms with E-state index in [0.717, 1.165) is 11.4 Å². The minimum Gasteiger partial charge on any atom is -0.452 e. The van der Waals surface area contributed by atoms with Crippen molar-refractivity contribution in [2.24, 2.45) is 0 Å². The molecule has 16 heavy (non-hydrogen) atoms. The molecule has 0 saturated carbocycles. The summed E-state index contributed by atoms with van der Waals surface area (Å²) < 4.78 is 30.1. The van der Waals surface area contributed by atoms with E-state index >= 15 is 0 Å². The summed E-state index contributed by atoms with van der Waals surface area (Å²) in [5.74, 6) is 0. The van der Waals surface area contributed by atoms with Crippen LogP contribution in [0.5, 0.6) is 0 Å². The van der Waals surface area contributed by atoms with Crippen molar-refractivity contribution < 1.29 is 23.1 Å². The minimum absolute atomic E-state index is 0.115. The number of carbonyl (C=O) groups excluding carboxylic acids is 1. The van der Waals surface area contributed by atoms with Crippen molar-refractivity contribution in [3.63, 3.8) is 0 Å². The molecule has 0 fully saturated rings. The van der Waals surface area contributed by atoms with Crippen molar-refractivity contribution in [1.29, 1.82) is 0 Å². The van der Waals surface area contributed by atoms with Gasteiger partial charge in [-0.15, -0.1) is 0 Å². The molecule has 0 aliphatic rings. The second-order valence-corrected chi connectivity index (χ2v) is 5.51. The molecule has 0 aromatic carbocycles. The van der Waals surface area contributed by atoms with E-state index < -0.39 is 21.9 Å². The normalized spacial score (nSPS) is 12.6. The Hall–Kier alpha value is -0.860. The molecule has 0 spiro atoms. The Morgan fingerprint density at radius 2 is 2.00 bits per heavy atom. The zero-order valence-electron chi connectivity index (χ0n) is 9.85. The predicted molar refractivity (Wildman–Crippen MR) is 58.0 cm³/mol. The molecule has 1 amide bonds. The van der Waals surface area contributed by atoms with E-state index in [1.807, 2.05) is 0 Å². The van der Waals surface area contributed by atoms with Crippen LogP contribution in [0.15, 0.2) is 0 Å². The number of aliphatic hydroxyl groups is 1. The zero-order valence-corrected chi connectivity index (χ0v) is 10.7. The molecule has 0 atom stereocenters. The monoisotopic (exact) mass is 254 g/mol. The van der Waals surface area contributed by atoms with Gasteiger partial charge < -0.3 is 9.84 Å². The van der Waals surface area contributed by atoms with E-state index in [1.165, 1.54) is 13.8 Å². The van der Waals surface area contributed by atoms with Crippen LogP contribution in [-0.4, -0.2) is 49.7 Å². The molecule has 0 aliphatic carbocycles. The Bertz CT molecular complexity index is 333. The molecule has 0 bridgehead atoms. The molecular formula is C8H18N2O5S. The zero-order chi connectivity index (χ0) is 13.0.